The molecule has 2 N–H and O–H groups in total. The number of carbonyl (C=O) groups is 2. The highest BCUT2D eigenvalue weighted by molar-refractivity contribution is 6.11. The molecule has 0 unspecified atom stereocenters. The number of esters is 1. The van der Waals surface area contributed by atoms with E-state index in [4.69, 9.17) is 9.47 Å². The topological polar surface area (TPSA) is 94.5 Å². The zero-order chi connectivity index (χ0) is 23.3. The van der Waals surface area contributed by atoms with E-state index in [0.717, 1.165) is 36.9 Å². The van der Waals surface area contributed by atoms with Crippen LogP contribution in [0.4, 0.5) is 11.4 Å². The summed E-state index contributed by atoms with van der Waals surface area (Å²) in [6.07, 6.45) is 5.42. The molecule has 8 nitrogen and oxygen atoms in total. The number of pyridine rings is 1. The summed E-state index contributed by atoms with van der Waals surface area (Å²) in [7, 11) is 1.35. The predicted molar refractivity (Wildman–Crippen MR) is 126 cm³/mol. The summed E-state index contributed by atoms with van der Waals surface area (Å²) in [5, 5.41) is 7.12. The molecule has 0 radical (unpaired) electrons. The maximum Gasteiger partial charge on any atom is 0.356 e. The van der Waals surface area contributed by atoms with Crippen molar-refractivity contribution in [1.82, 2.24) is 9.55 Å². The summed E-state index contributed by atoms with van der Waals surface area (Å²) in [5.41, 5.74) is 2.24. The highest BCUT2D eigenvalue weighted by atomic mass is 16.5. The minimum atomic E-state index is -0.505. The fourth-order valence-corrected chi connectivity index (χ4v) is 3.86. The number of hydrogen-bond donors (Lipinski definition) is 2. The van der Waals surface area contributed by atoms with Gasteiger partial charge in [-0.2, -0.15) is 0 Å². The van der Waals surface area contributed by atoms with Gasteiger partial charge in [0.25, 0.3) is 0 Å². The lowest BCUT2D eigenvalue weighted by Crippen LogP contribution is -2.23. The molecule has 8 heteroatoms. The number of methoxy groups -OCH3 is 1. The first-order valence-electron chi connectivity index (χ1n) is 11.6. The van der Waals surface area contributed by atoms with Crippen LogP contribution in [0.3, 0.4) is 0 Å². The van der Waals surface area contributed by atoms with Crippen LogP contribution >= 0.6 is 0 Å². The molecule has 32 heavy (non-hydrogen) atoms. The normalized spacial score (nSPS) is 17.0. The molecule has 1 saturated heterocycles. The number of hydrogen-bond acceptors (Lipinski definition) is 6. The molecule has 1 amide bonds. The van der Waals surface area contributed by atoms with Gasteiger partial charge in [-0.25, -0.2) is 9.78 Å². The Bertz CT molecular complexity index is 947. The molecule has 0 bridgehead atoms. The molecule has 1 aliphatic heterocycles. The average molecular weight is 445 g/mol. The van der Waals surface area contributed by atoms with E-state index < -0.39 is 5.97 Å². The van der Waals surface area contributed by atoms with Crippen LogP contribution in [0, 0.1) is 11.8 Å². The van der Waals surface area contributed by atoms with E-state index in [-0.39, 0.29) is 17.9 Å². The van der Waals surface area contributed by atoms with Crippen LogP contribution in [0.15, 0.2) is 12.3 Å². The molecular formula is C24H36N4O4. The van der Waals surface area contributed by atoms with Crippen LogP contribution in [0.2, 0.25) is 0 Å². The van der Waals surface area contributed by atoms with E-state index in [1.807, 2.05) is 24.5 Å². The minimum Gasteiger partial charge on any atom is -0.464 e. The van der Waals surface area contributed by atoms with Crippen molar-refractivity contribution in [1.29, 1.82) is 0 Å². The van der Waals surface area contributed by atoms with E-state index >= 15 is 0 Å². The number of ether oxygens (including phenoxy) is 2. The molecule has 1 fully saturated rings. The quantitative estimate of drug-likeness (QED) is 0.526. The third-order valence-electron chi connectivity index (χ3n) is 6.05. The van der Waals surface area contributed by atoms with E-state index in [9.17, 15) is 9.59 Å². The van der Waals surface area contributed by atoms with Crippen LogP contribution in [0.5, 0.6) is 0 Å². The van der Waals surface area contributed by atoms with Crippen molar-refractivity contribution < 1.29 is 19.1 Å². The fraction of sp³-hybridized carbons (Fsp3) is 0.625. The van der Waals surface area contributed by atoms with Gasteiger partial charge in [-0.05, 0) is 37.7 Å². The maximum absolute atomic E-state index is 12.9. The summed E-state index contributed by atoms with van der Waals surface area (Å²) in [6.45, 7) is 10.2. The molecule has 2 aromatic heterocycles. The van der Waals surface area contributed by atoms with E-state index in [0.29, 0.717) is 42.5 Å². The van der Waals surface area contributed by atoms with Crippen LogP contribution in [0.25, 0.3) is 11.0 Å². The van der Waals surface area contributed by atoms with Crippen LogP contribution < -0.4 is 10.6 Å². The van der Waals surface area contributed by atoms with Gasteiger partial charge in [0.1, 0.15) is 5.65 Å². The second-order valence-electron chi connectivity index (χ2n) is 8.96. The lowest BCUT2D eigenvalue weighted by atomic mass is 10.1. The number of anilines is 2. The lowest BCUT2D eigenvalue weighted by molar-refractivity contribution is -0.119. The zero-order valence-corrected chi connectivity index (χ0v) is 19.9. The number of rotatable bonds is 10. The highest BCUT2D eigenvalue weighted by Crippen LogP contribution is 2.34. The van der Waals surface area contributed by atoms with E-state index in [1.54, 1.807) is 6.20 Å². The first kappa shape index (κ1) is 24.0. The second kappa shape index (κ2) is 10.8. The van der Waals surface area contributed by atoms with Gasteiger partial charge in [0.05, 0.1) is 37.3 Å². The molecule has 0 aliphatic carbocycles. The summed E-state index contributed by atoms with van der Waals surface area (Å²) in [5.74, 6) is -0.234. The minimum absolute atomic E-state index is 0.00207. The Morgan fingerprint density at radius 3 is 2.75 bits per heavy atom. The summed E-state index contributed by atoms with van der Waals surface area (Å²) in [4.78, 5) is 30.4. The standard InChI is InChI=1S/C24H36N4O4/c1-6-16(4)23(29)27-20-19-12-17(25-10-9-15(2)3)13-26-22(19)28(21(20)24(30)31-5)14-18-8-7-11-32-18/h12-13,15-16,18,25H,6-11,14H2,1-5H3,(H,27,29)/t16-,18-/m0/s1. The molecule has 0 saturated carbocycles. The molecule has 3 heterocycles. The van der Waals surface area contributed by atoms with Crippen LogP contribution in [-0.4, -0.2) is 47.8 Å². The monoisotopic (exact) mass is 444 g/mol. The van der Waals surface area contributed by atoms with Gasteiger partial charge in [0, 0.05) is 24.5 Å². The van der Waals surface area contributed by atoms with Gasteiger partial charge >= 0.3 is 5.97 Å². The zero-order valence-electron chi connectivity index (χ0n) is 19.9. The maximum atomic E-state index is 12.9. The Hall–Kier alpha value is -2.61. The summed E-state index contributed by atoms with van der Waals surface area (Å²) < 4.78 is 12.8. The van der Waals surface area contributed by atoms with Gasteiger partial charge in [-0.3, -0.25) is 4.79 Å². The number of nitrogens with zero attached hydrogens (tertiary/aromatic N) is 2. The fourth-order valence-electron chi connectivity index (χ4n) is 3.86. The molecule has 0 aromatic carbocycles. The number of aromatic nitrogens is 2. The predicted octanol–water partition coefficient (Wildman–Crippen LogP) is 4.44. The molecular weight excluding hydrogens is 408 g/mol. The number of nitrogens with one attached hydrogen (secondary N) is 2. The Labute approximate surface area is 190 Å². The molecule has 3 rings (SSSR count). The van der Waals surface area contributed by atoms with Gasteiger partial charge in [0.2, 0.25) is 5.91 Å². The smallest absolute Gasteiger partial charge is 0.356 e. The van der Waals surface area contributed by atoms with Crippen molar-refractivity contribution in [3.05, 3.63) is 18.0 Å². The Morgan fingerprint density at radius 1 is 1.34 bits per heavy atom. The third kappa shape index (κ3) is 5.41. The second-order valence-corrected chi connectivity index (χ2v) is 8.96. The first-order chi connectivity index (χ1) is 15.3. The van der Waals surface area contributed by atoms with Gasteiger partial charge in [0.15, 0.2) is 5.69 Å². The van der Waals surface area contributed by atoms with Crippen LogP contribution in [0.1, 0.15) is 63.9 Å². The van der Waals surface area contributed by atoms with Crippen molar-refractivity contribution in [3.63, 3.8) is 0 Å². The first-order valence-corrected chi connectivity index (χ1v) is 11.6. The Kier molecular flexibility index (Phi) is 8.12. The van der Waals surface area contributed by atoms with E-state index in [1.165, 1.54) is 7.11 Å². The molecule has 2 aromatic rings. The van der Waals surface area contributed by atoms with Crippen molar-refractivity contribution >= 4 is 34.3 Å². The Balaban J connectivity index is 2.09. The molecule has 176 valence electrons. The Morgan fingerprint density at radius 2 is 2.12 bits per heavy atom. The van der Waals surface area contributed by atoms with Crippen molar-refractivity contribution in [2.45, 2.75) is 66.0 Å². The van der Waals surface area contributed by atoms with Gasteiger partial charge in [-0.15, -0.1) is 0 Å². The lowest BCUT2D eigenvalue weighted by Gasteiger charge is -2.15. The van der Waals surface area contributed by atoms with Crippen molar-refractivity contribution in [3.8, 4) is 0 Å². The number of carbonyl (C=O) groups excluding carboxylic acids is 2. The SMILES string of the molecule is CC[C@H](C)C(=O)Nc1c(C(=O)OC)n(C[C@@H]2CCCO2)c2ncc(NCCC(C)C)cc12. The van der Waals surface area contributed by atoms with Crippen LogP contribution in [-0.2, 0) is 20.8 Å². The molecule has 0 spiro atoms. The van der Waals surface area contributed by atoms with Gasteiger partial charge < -0.3 is 24.7 Å². The number of amides is 1. The largest absolute Gasteiger partial charge is 0.464 e. The third-order valence-corrected chi connectivity index (χ3v) is 6.05. The molecule has 1 aliphatic rings. The summed E-state index contributed by atoms with van der Waals surface area (Å²) >= 11 is 0. The summed E-state index contributed by atoms with van der Waals surface area (Å²) in [6, 6.07) is 1.95. The highest BCUT2D eigenvalue weighted by Gasteiger charge is 2.29. The van der Waals surface area contributed by atoms with E-state index in [2.05, 4.69) is 29.5 Å². The number of fused-ring (bicyclic) bond motifs is 1. The van der Waals surface area contributed by atoms with Crippen molar-refractivity contribution in [2.75, 3.05) is 30.9 Å². The molecule has 2 atom stereocenters. The van der Waals surface area contributed by atoms with Crippen molar-refractivity contribution in [2.24, 2.45) is 11.8 Å². The van der Waals surface area contributed by atoms with Gasteiger partial charge in [-0.1, -0.05) is 27.7 Å². The average Bonchev–Trinajstić information content (AvgIpc) is 3.39.